The number of thioether (sulfide) groups is 1. The minimum absolute atomic E-state index is 0.0745. The Hall–Kier alpha value is -4.17. The first-order chi connectivity index (χ1) is 17.9. The Morgan fingerprint density at radius 1 is 1.05 bits per heavy atom. The zero-order valence-electron chi connectivity index (χ0n) is 20.2. The zero-order chi connectivity index (χ0) is 26.4. The number of carbonyl (C=O) groups is 2. The maximum atomic E-state index is 13.3. The monoisotopic (exact) mass is 517 g/mol. The van der Waals surface area contributed by atoms with Gasteiger partial charge in [0.1, 0.15) is 34.5 Å². The van der Waals surface area contributed by atoms with Gasteiger partial charge < -0.3 is 14.6 Å². The van der Waals surface area contributed by atoms with Gasteiger partial charge in [0, 0.05) is 5.56 Å². The van der Waals surface area contributed by atoms with Crippen molar-refractivity contribution in [3.63, 3.8) is 0 Å². The Kier molecular flexibility index (Phi) is 8.20. The van der Waals surface area contributed by atoms with Gasteiger partial charge in [-0.25, -0.2) is 14.2 Å². The fraction of sp³-hybridized carbons (Fsp3) is 0.138. The van der Waals surface area contributed by atoms with Crippen molar-refractivity contribution in [2.45, 2.75) is 20.5 Å². The number of benzene rings is 3. The van der Waals surface area contributed by atoms with Gasteiger partial charge in [-0.05, 0) is 66.9 Å². The van der Waals surface area contributed by atoms with Crippen LogP contribution in [-0.4, -0.2) is 28.6 Å². The molecule has 0 bridgehead atoms. The largest absolute Gasteiger partial charge is 0.506 e. The number of amides is 1. The molecule has 188 valence electrons. The third-order valence-electron chi connectivity index (χ3n) is 5.42. The highest BCUT2D eigenvalue weighted by Gasteiger charge is 2.34. The molecule has 6 nitrogen and oxygen atoms in total. The van der Waals surface area contributed by atoms with Crippen LogP contribution in [0.3, 0.4) is 0 Å². The number of aliphatic hydroxyl groups excluding tert-OH is 1. The number of hydrogen-bond acceptors (Lipinski definition) is 6. The number of aliphatic hydroxyl groups is 1. The maximum Gasteiger partial charge on any atom is 0.344 e. The van der Waals surface area contributed by atoms with Gasteiger partial charge in [-0.3, -0.25) is 4.79 Å². The first-order valence-electron chi connectivity index (χ1n) is 11.5. The molecule has 0 spiro atoms. The van der Waals surface area contributed by atoms with E-state index in [0.29, 0.717) is 21.8 Å². The van der Waals surface area contributed by atoms with E-state index in [1.54, 1.807) is 74.5 Å². The molecule has 0 saturated carbocycles. The lowest BCUT2D eigenvalue weighted by Crippen LogP contribution is -2.14. The lowest BCUT2D eigenvalue weighted by Gasteiger charge is -2.07. The van der Waals surface area contributed by atoms with E-state index in [0.717, 1.165) is 22.9 Å². The molecule has 0 unspecified atom stereocenters. The molecule has 3 aromatic rings. The van der Waals surface area contributed by atoms with E-state index >= 15 is 0 Å². The van der Waals surface area contributed by atoms with Crippen LogP contribution in [0.5, 0.6) is 5.75 Å². The average molecular weight is 518 g/mol. The van der Waals surface area contributed by atoms with Gasteiger partial charge in [0.25, 0.3) is 5.91 Å². The molecular weight excluding hydrogens is 493 g/mol. The molecule has 8 heteroatoms. The fourth-order valence-corrected chi connectivity index (χ4v) is 4.57. The number of aliphatic imine (C=N–C) groups is 1. The van der Waals surface area contributed by atoms with Crippen LogP contribution in [0.4, 0.5) is 4.39 Å². The molecule has 1 N–H and O–H groups in total. The van der Waals surface area contributed by atoms with E-state index in [9.17, 15) is 19.1 Å². The summed E-state index contributed by atoms with van der Waals surface area (Å²) in [4.78, 5) is 29.9. The Balaban J connectivity index is 1.56. The molecule has 1 amide bonds. The Morgan fingerprint density at radius 3 is 2.51 bits per heavy atom. The van der Waals surface area contributed by atoms with E-state index in [2.05, 4.69) is 4.99 Å². The number of hydrogen-bond donors (Lipinski definition) is 1. The number of rotatable bonds is 7. The highest BCUT2D eigenvalue weighted by atomic mass is 32.2. The summed E-state index contributed by atoms with van der Waals surface area (Å²) >= 11 is 1.02. The molecule has 1 aliphatic rings. The Labute approximate surface area is 218 Å². The topological polar surface area (TPSA) is 85.2 Å². The van der Waals surface area contributed by atoms with E-state index in [-0.39, 0.29) is 35.4 Å². The number of halogens is 1. The molecule has 1 aliphatic heterocycles. The predicted molar refractivity (Wildman–Crippen MR) is 142 cm³/mol. The average Bonchev–Trinajstić information content (AvgIpc) is 3.18. The van der Waals surface area contributed by atoms with Gasteiger partial charge in [-0.2, -0.15) is 0 Å². The quantitative estimate of drug-likeness (QED) is 0.364. The van der Waals surface area contributed by atoms with Crippen molar-refractivity contribution in [1.29, 1.82) is 0 Å². The van der Waals surface area contributed by atoms with Crippen molar-refractivity contribution in [3.05, 3.63) is 117 Å². The second-order valence-corrected chi connectivity index (χ2v) is 9.11. The second kappa shape index (κ2) is 11.7. The lowest BCUT2D eigenvalue weighted by atomic mass is 10.1. The summed E-state index contributed by atoms with van der Waals surface area (Å²) in [6.45, 7) is 3.78. The summed E-state index contributed by atoms with van der Waals surface area (Å²) in [7, 11) is 0. The highest BCUT2D eigenvalue weighted by molar-refractivity contribution is 8.18. The number of nitrogens with zero attached hydrogens (tertiary/aromatic N) is 1. The molecule has 0 saturated heterocycles. The van der Waals surface area contributed by atoms with Crippen LogP contribution in [0.2, 0.25) is 0 Å². The first kappa shape index (κ1) is 25.9. The molecule has 0 aliphatic carbocycles. The SMILES string of the molecule is CCOC(=O)C1=C(O)/C(=C\c2ccc(OCc3cccc(F)c3)cc2)SC1=NC(=O)c1ccccc1C. The van der Waals surface area contributed by atoms with Crippen molar-refractivity contribution < 1.29 is 28.6 Å². The van der Waals surface area contributed by atoms with Crippen molar-refractivity contribution in [2.75, 3.05) is 6.61 Å². The van der Waals surface area contributed by atoms with E-state index < -0.39 is 11.9 Å². The molecule has 37 heavy (non-hydrogen) atoms. The summed E-state index contributed by atoms with van der Waals surface area (Å²) in [6.07, 6.45) is 1.68. The van der Waals surface area contributed by atoms with Crippen LogP contribution >= 0.6 is 11.8 Å². The molecule has 4 rings (SSSR count). The summed E-state index contributed by atoms with van der Waals surface area (Å²) in [6, 6.07) is 20.2. The molecule has 0 radical (unpaired) electrons. The first-order valence-corrected chi connectivity index (χ1v) is 12.3. The summed E-state index contributed by atoms with van der Waals surface area (Å²) < 4.78 is 24.2. The normalized spacial score (nSPS) is 15.3. The van der Waals surface area contributed by atoms with Gasteiger partial charge in [0.15, 0.2) is 0 Å². The van der Waals surface area contributed by atoms with Gasteiger partial charge in [-0.1, -0.05) is 54.2 Å². The van der Waals surface area contributed by atoms with Crippen LogP contribution in [0.1, 0.15) is 34.0 Å². The van der Waals surface area contributed by atoms with Crippen LogP contribution in [0.15, 0.2) is 94.0 Å². The smallest absolute Gasteiger partial charge is 0.344 e. The zero-order valence-corrected chi connectivity index (χ0v) is 21.0. The van der Waals surface area contributed by atoms with Crippen LogP contribution < -0.4 is 4.74 Å². The van der Waals surface area contributed by atoms with Crippen molar-refractivity contribution in [2.24, 2.45) is 4.99 Å². The third-order valence-corrected chi connectivity index (χ3v) is 6.44. The lowest BCUT2D eigenvalue weighted by molar-refractivity contribution is -0.138. The van der Waals surface area contributed by atoms with Crippen LogP contribution in [-0.2, 0) is 16.1 Å². The van der Waals surface area contributed by atoms with Gasteiger partial charge >= 0.3 is 5.97 Å². The van der Waals surface area contributed by atoms with Crippen LogP contribution in [0, 0.1) is 12.7 Å². The number of aryl methyl sites for hydroxylation is 1. The van der Waals surface area contributed by atoms with Gasteiger partial charge in [0.2, 0.25) is 0 Å². The van der Waals surface area contributed by atoms with Crippen molar-refractivity contribution in [3.8, 4) is 5.75 Å². The minimum Gasteiger partial charge on any atom is -0.506 e. The Bertz CT molecular complexity index is 1430. The number of carbonyl (C=O) groups excluding carboxylic acids is 2. The van der Waals surface area contributed by atoms with E-state index in [1.807, 2.05) is 6.07 Å². The van der Waals surface area contributed by atoms with Gasteiger partial charge in [0.05, 0.1) is 11.5 Å². The molecule has 3 aromatic carbocycles. The standard InChI is InChI=1S/C29H24FNO5S/c1-3-35-29(34)25-26(32)24(37-28(25)31-27(33)23-10-5-4-7-18(23)2)16-19-11-13-22(14-12-19)36-17-20-8-6-9-21(30)15-20/h4-16,32H,3,17H2,1-2H3/b24-16+,31-28?. The summed E-state index contributed by atoms with van der Waals surface area (Å²) in [5.74, 6) is -1.31. The fourth-order valence-electron chi connectivity index (χ4n) is 3.56. The summed E-state index contributed by atoms with van der Waals surface area (Å²) in [5, 5.41) is 10.9. The van der Waals surface area contributed by atoms with Crippen LogP contribution in [0.25, 0.3) is 6.08 Å². The second-order valence-electron chi connectivity index (χ2n) is 8.08. The van der Waals surface area contributed by atoms with E-state index in [4.69, 9.17) is 9.47 Å². The minimum atomic E-state index is -0.756. The third kappa shape index (κ3) is 6.34. The molecular formula is C29H24FNO5S. The molecule has 1 heterocycles. The number of ether oxygens (including phenoxy) is 2. The van der Waals surface area contributed by atoms with Crippen molar-refractivity contribution >= 4 is 34.8 Å². The predicted octanol–water partition coefficient (Wildman–Crippen LogP) is 6.41. The molecule has 0 atom stereocenters. The number of esters is 1. The van der Waals surface area contributed by atoms with E-state index in [1.165, 1.54) is 12.1 Å². The molecule has 0 aromatic heterocycles. The highest BCUT2D eigenvalue weighted by Crippen LogP contribution is 2.39. The van der Waals surface area contributed by atoms with Gasteiger partial charge in [-0.15, -0.1) is 0 Å². The summed E-state index contributed by atoms with van der Waals surface area (Å²) in [5.41, 5.74) is 2.45. The molecule has 0 fully saturated rings. The Morgan fingerprint density at radius 2 is 1.81 bits per heavy atom. The van der Waals surface area contributed by atoms with Crippen molar-refractivity contribution in [1.82, 2.24) is 0 Å². The maximum absolute atomic E-state index is 13.3.